The van der Waals surface area contributed by atoms with Crippen molar-refractivity contribution in [1.29, 1.82) is 5.26 Å². The summed E-state index contributed by atoms with van der Waals surface area (Å²) in [4.78, 5) is 11.6. The van der Waals surface area contributed by atoms with Crippen LogP contribution in [0, 0.1) is 11.3 Å². The molecule has 0 aliphatic carbocycles. The van der Waals surface area contributed by atoms with Crippen LogP contribution in [-0.4, -0.2) is 6.09 Å². The number of rotatable bonds is 2. The first-order valence-corrected chi connectivity index (χ1v) is 5.80. The van der Waals surface area contributed by atoms with Gasteiger partial charge in [0.05, 0.1) is 22.3 Å². The lowest BCUT2D eigenvalue weighted by Gasteiger charge is -2.07. The average molecular weight is 273 g/mol. The highest BCUT2D eigenvalue weighted by Crippen LogP contribution is 2.21. The van der Waals surface area contributed by atoms with Crippen molar-refractivity contribution in [1.82, 2.24) is 0 Å². The average Bonchev–Trinajstić information content (AvgIpc) is 2.42. The van der Waals surface area contributed by atoms with Gasteiger partial charge in [-0.15, -0.1) is 0 Å². The Balaban J connectivity index is 2.01. The minimum atomic E-state index is -0.641. The van der Waals surface area contributed by atoms with E-state index in [2.05, 4.69) is 5.32 Å². The summed E-state index contributed by atoms with van der Waals surface area (Å²) in [5.41, 5.74) is 0.974. The van der Waals surface area contributed by atoms with Crippen LogP contribution in [0.4, 0.5) is 10.5 Å². The number of amides is 1. The second-order valence-electron chi connectivity index (χ2n) is 3.63. The van der Waals surface area contributed by atoms with E-state index in [1.54, 1.807) is 48.5 Å². The van der Waals surface area contributed by atoms with E-state index in [1.165, 1.54) is 0 Å². The maximum Gasteiger partial charge on any atom is 0.417 e. The lowest BCUT2D eigenvalue weighted by atomic mass is 10.2. The van der Waals surface area contributed by atoms with E-state index in [9.17, 15) is 4.79 Å². The fourth-order valence-corrected chi connectivity index (χ4v) is 1.59. The molecule has 0 radical (unpaired) electrons. The Morgan fingerprint density at radius 2 is 1.84 bits per heavy atom. The summed E-state index contributed by atoms with van der Waals surface area (Å²) in [6.07, 6.45) is -0.641. The fourth-order valence-electron chi connectivity index (χ4n) is 1.40. The zero-order valence-corrected chi connectivity index (χ0v) is 10.5. The van der Waals surface area contributed by atoms with Crippen LogP contribution in [0.25, 0.3) is 0 Å². The Kier molecular flexibility index (Phi) is 4.01. The third kappa shape index (κ3) is 3.47. The number of anilines is 1. The first-order chi connectivity index (χ1) is 9.19. The van der Waals surface area contributed by atoms with Crippen LogP contribution in [0.15, 0.2) is 48.5 Å². The topological polar surface area (TPSA) is 62.1 Å². The Labute approximate surface area is 115 Å². The van der Waals surface area contributed by atoms with Crippen molar-refractivity contribution in [2.24, 2.45) is 0 Å². The van der Waals surface area contributed by atoms with Crippen molar-refractivity contribution in [3.63, 3.8) is 0 Å². The Morgan fingerprint density at radius 1 is 1.16 bits per heavy atom. The van der Waals surface area contributed by atoms with Gasteiger partial charge in [0.15, 0.2) is 0 Å². The first-order valence-electron chi connectivity index (χ1n) is 5.42. The Morgan fingerprint density at radius 3 is 2.47 bits per heavy atom. The smallest absolute Gasteiger partial charge is 0.410 e. The number of nitriles is 1. The molecule has 5 heteroatoms. The molecule has 0 saturated heterocycles. The van der Waals surface area contributed by atoms with Gasteiger partial charge in [0, 0.05) is 0 Å². The van der Waals surface area contributed by atoms with Crippen LogP contribution < -0.4 is 10.1 Å². The van der Waals surface area contributed by atoms with Gasteiger partial charge in [0.2, 0.25) is 0 Å². The van der Waals surface area contributed by atoms with Crippen LogP contribution in [0.5, 0.6) is 5.75 Å². The monoisotopic (exact) mass is 272 g/mol. The molecule has 0 saturated carbocycles. The van der Waals surface area contributed by atoms with Crippen LogP contribution in [0.3, 0.4) is 0 Å². The predicted octanol–water partition coefficient (Wildman–Crippen LogP) is 3.82. The van der Waals surface area contributed by atoms with Crippen LogP contribution in [0.2, 0.25) is 5.02 Å². The molecular weight excluding hydrogens is 264 g/mol. The zero-order chi connectivity index (χ0) is 13.7. The highest BCUT2D eigenvalue weighted by Gasteiger charge is 2.07. The third-order valence-electron chi connectivity index (χ3n) is 2.30. The first kappa shape index (κ1) is 12.9. The SMILES string of the molecule is N#Cc1ccc(OC(=O)Nc2ccccc2Cl)cc1. The van der Waals surface area contributed by atoms with Gasteiger partial charge in [-0.2, -0.15) is 5.26 Å². The standard InChI is InChI=1S/C14H9ClN2O2/c15-12-3-1-2-4-13(12)17-14(18)19-11-7-5-10(9-16)6-8-11/h1-8H,(H,17,18). The number of hydrogen-bond acceptors (Lipinski definition) is 3. The van der Waals surface area contributed by atoms with Crippen LogP contribution in [0.1, 0.15) is 5.56 Å². The van der Waals surface area contributed by atoms with Crippen molar-refractivity contribution in [3.8, 4) is 11.8 Å². The molecule has 0 aliphatic rings. The lowest BCUT2D eigenvalue weighted by molar-refractivity contribution is 0.215. The van der Waals surface area contributed by atoms with E-state index in [0.29, 0.717) is 22.0 Å². The number of ether oxygens (including phenoxy) is 1. The van der Waals surface area contributed by atoms with E-state index in [-0.39, 0.29) is 0 Å². The predicted molar refractivity (Wildman–Crippen MR) is 72.3 cm³/mol. The summed E-state index contributed by atoms with van der Waals surface area (Å²) in [6.45, 7) is 0. The molecule has 2 aromatic carbocycles. The second-order valence-corrected chi connectivity index (χ2v) is 4.04. The molecule has 0 spiro atoms. The fraction of sp³-hybridized carbons (Fsp3) is 0. The van der Waals surface area contributed by atoms with Crippen molar-refractivity contribution in [2.45, 2.75) is 0 Å². The van der Waals surface area contributed by atoms with Gasteiger partial charge in [-0.25, -0.2) is 4.79 Å². The molecule has 19 heavy (non-hydrogen) atoms. The number of carbonyl (C=O) groups excluding carboxylic acids is 1. The molecule has 0 aliphatic heterocycles. The zero-order valence-electron chi connectivity index (χ0n) is 9.76. The molecule has 2 rings (SSSR count). The molecule has 0 bridgehead atoms. The molecule has 0 heterocycles. The van der Waals surface area contributed by atoms with Crippen molar-refractivity contribution >= 4 is 23.4 Å². The summed E-state index contributed by atoms with van der Waals surface area (Å²) < 4.78 is 5.05. The maximum absolute atomic E-state index is 11.6. The highest BCUT2D eigenvalue weighted by atomic mass is 35.5. The summed E-state index contributed by atoms with van der Waals surface area (Å²) >= 11 is 5.90. The van der Waals surface area contributed by atoms with Gasteiger partial charge in [0.1, 0.15) is 5.75 Å². The minimum Gasteiger partial charge on any atom is -0.410 e. The summed E-state index contributed by atoms with van der Waals surface area (Å²) in [6, 6.07) is 15.1. The molecule has 0 aromatic heterocycles. The largest absolute Gasteiger partial charge is 0.417 e. The van der Waals surface area contributed by atoms with E-state index < -0.39 is 6.09 Å². The summed E-state index contributed by atoms with van der Waals surface area (Å²) in [5.74, 6) is 0.351. The Bertz CT molecular complexity index is 633. The molecular formula is C14H9ClN2O2. The van der Waals surface area contributed by atoms with Crippen molar-refractivity contribution in [2.75, 3.05) is 5.32 Å². The second kappa shape index (κ2) is 5.89. The number of nitrogens with zero attached hydrogens (tertiary/aromatic N) is 1. The molecule has 94 valence electrons. The molecule has 0 atom stereocenters. The van der Waals surface area contributed by atoms with Crippen molar-refractivity contribution < 1.29 is 9.53 Å². The van der Waals surface area contributed by atoms with Gasteiger partial charge >= 0.3 is 6.09 Å². The number of carbonyl (C=O) groups is 1. The number of halogens is 1. The maximum atomic E-state index is 11.6. The highest BCUT2D eigenvalue weighted by molar-refractivity contribution is 6.33. The lowest BCUT2D eigenvalue weighted by Crippen LogP contribution is -2.16. The van der Waals surface area contributed by atoms with Gasteiger partial charge < -0.3 is 4.74 Å². The van der Waals surface area contributed by atoms with Crippen molar-refractivity contribution in [3.05, 3.63) is 59.1 Å². The van der Waals surface area contributed by atoms with Crippen LogP contribution in [-0.2, 0) is 0 Å². The molecule has 1 amide bonds. The number of benzene rings is 2. The molecule has 0 unspecified atom stereocenters. The van der Waals surface area contributed by atoms with Crippen LogP contribution >= 0.6 is 11.6 Å². The van der Waals surface area contributed by atoms with E-state index in [1.807, 2.05) is 6.07 Å². The van der Waals surface area contributed by atoms with Gasteiger partial charge in [-0.3, -0.25) is 5.32 Å². The Hall–Kier alpha value is -2.51. The molecule has 2 aromatic rings. The summed E-state index contributed by atoms with van der Waals surface area (Å²) in [5, 5.41) is 11.6. The van der Waals surface area contributed by atoms with E-state index >= 15 is 0 Å². The number of para-hydroxylation sites is 1. The van der Waals surface area contributed by atoms with E-state index in [4.69, 9.17) is 21.6 Å². The summed E-state index contributed by atoms with van der Waals surface area (Å²) in [7, 11) is 0. The van der Waals surface area contributed by atoms with Gasteiger partial charge in [-0.1, -0.05) is 23.7 Å². The van der Waals surface area contributed by atoms with E-state index in [0.717, 1.165) is 0 Å². The normalized spacial score (nSPS) is 9.47. The minimum absolute atomic E-state index is 0.351. The van der Waals surface area contributed by atoms with Gasteiger partial charge in [-0.05, 0) is 36.4 Å². The number of hydrogen-bond donors (Lipinski definition) is 1. The molecule has 1 N–H and O–H groups in total. The molecule has 0 fully saturated rings. The number of nitrogens with one attached hydrogen (secondary N) is 1. The van der Waals surface area contributed by atoms with Gasteiger partial charge in [0.25, 0.3) is 0 Å². The third-order valence-corrected chi connectivity index (χ3v) is 2.63. The molecule has 4 nitrogen and oxygen atoms in total. The quantitative estimate of drug-likeness (QED) is 0.904.